The second kappa shape index (κ2) is 7.70. The van der Waals surface area contributed by atoms with Crippen LogP contribution in [0.15, 0.2) is 30.5 Å². The molecule has 0 radical (unpaired) electrons. The largest absolute Gasteiger partial charge is 0.383 e. The zero-order valence-electron chi connectivity index (χ0n) is 13.0. The first-order valence-electron chi connectivity index (χ1n) is 7.33. The Hall–Kier alpha value is -2.21. The molecule has 0 amide bonds. The number of aryl methyl sites for hydroxylation is 1. The van der Waals surface area contributed by atoms with Crippen molar-refractivity contribution in [3.8, 4) is 0 Å². The summed E-state index contributed by atoms with van der Waals surface area (Å²) in [7, 11) is 4.12. The van der Waals surface area contributed by atoms with Gasteiger partial charge in [0.1, 0.15) is 11.6 Å². The van der Waals surface area contributed by atoms with E-state index in [0.717, 1.165) is 31.4 Å². The van der Waals surface area contributed by atoms with Gasteiger partial charge in [-0.2, -0.15) is 4.98 Å². The van der Waals surface area contributed by atoms with Crippen LogP contribution in [0.1, 0.15) is 18.4 Å². The lowest BCUT2D eigenvalue weighted by Crippen LogP contribution is -2.13. The minimum atomic E-state index is -0.310. The third-order valence-electron chi connectivity index (χ3n) is 3.28. The summed E-state index contributed by atoms with van der Waals surface area (Å²) in [5.74, 6) is 0.536. The summed E-state index contributed by atoms with van der Waals surface area (Å²) in [6.45, 7) is 1.06. The van der Waals surface area contributed by atoms with E-state index in [9.17, 15) is 4.39 Å². The van der Waals surface area contributed by atoms with Crippen LogP contribution in [0.2, 0.25) is 0 Å². The van der Waals surface area contributed by atoms with E-state index in [2.05, 4.69) is 34.3 Å². The average Bonchev–Trinajstić information content (AvgIpc) is 2.45. The Morgan fingerprint density at radius 3 is 2.77 bits per heavy atom. The molecule has 0 spiro atoms. The Morgan fingerprint density at radius 2 is 2.09 bits per heavy atom. The minimum absolute atomic E-state index is 0.310. The van der Waals surface area contributed by atoms with Crippen LogP contribution >= 0.6 is 0 Å². The van der Waals surface area contributed by atoms with Crippen molar-refractivity contribution in [1.29, 1.82) is 0 Å². The molecule has 0 aliphatic carbocycles. The summed E-state index contributed by atoms with van der Waals surface area (Å²) in [6, 6.07) is 6.14. The van der Waals surface area contributed by atoms with Gasteiger partial charge in [0.15, 0.2) is 0 Å². The van der Waals surface area contributed by atoms with Gasteiger partial charge in [-0.1, -0.05) is 6.07 Å². The standard InChI is InChI=1S/C16H22FN5/c1-22(2)9-4-3-6-12-11-19-16(21-15(12)18)20-14-8-5-7-13(17)10-14/h5,7-8,10-11H,3-4,6,9H2,1-2H3,(H3,18,19,20,21). The van der Waals surface area contributed by atoms with E-state index in [0.29, 0.717) is 17.5 Å². The van der Waals surface area contributed by atoms with Crippen molar-refractivity contribution in [3.63, 3.8) is 0 Å². The molecule has 0 fully saturated rings. The topological polar surface area (TPSA) is 67.1 Å². The third-order valence-corrected chi connectivity index (χ3v) is 3.28. The quantitative estimate of drug-likeness (QED) is 0.770. The zero-order valence-corrected chi connectivity index (χ0v) is 13.0. The molecule has 22 heavy (non-hydrogen) atoms. The lowest BCUT2D eigenvalue weighted by atomic mass is 10.1. The van der Waals surface area contributed by atoms with Gasteiger partial charge in [-0.3, -0.25) is 0 Å². The number of rotatable bonds is 7. The number of anilines is 3. The molecule has 0 unspecified atom stereocenters. The second-order valence-corrected chi connectivity index (χ2v) is 5.50. The van der Waals surface area contributed by atoms with Crippen molar-refractivity contribution >= 4 is 17.5 Å². The number of nitrogens with one attached hydrogen (secondary N) is 1. The van der Waals surface area contributed by atoms with Crippen molar-refractivity contribution in [2.75, 3.05) is 31.7 Å². The highest BCUT2D eigenvalue weighted by Gasteiger charge is 2.05. The number of nitrogen functional groups attached to an aromatic ring is 1. The minimum Gasteiger partial charge on any atom is -0.383 e. The van der Waals surface area contributed by atoms with Crippen molar-refractivity contribution in [3.05, 3.63) is 41.8 Å². The van der Waals surface area contributed by atoms with Crippen molar-refractivity contribution in [2.45, 2.75) is 19.3 Å². The molecule has 2 rings (SSSR count). The molecule has 2 aromatic rings. The summed E-state index contributed by atoms with van der Waals surface area (Å²) < 4.78 is 13.1. The van der Waals surface area contributed by atoms with E-state index in [-0.39, 0.29) is 5.82 Å². The first kappa shape index (κ1) is 16.2. The van der Waals surface area contributed by atoms with E-state index >= 15 is 0 Å². The molecule has 0 aliphatic rings. The molecule has 0 bridgehead atoms. The molecule has 1 aromatic heterocycles. The van der Waals surface area contributed by atoms with Crippen molar-refractivity contribution < 1.29 is 4.39 Å². The Bertz CT molecular complexity index is 615. The van der Waals surface area contributed by atoms with Gasteiger partial charge in [0, 0.05) is 17.4 Å². The van der Waals surface area contributed by atoms with Gasteiger partial charge >= 0.3 is 0 Å². The predicted octanol–water partition coefficient (Wildman–Crippen LogP) is 2.83. The van der Waals surface area contributed by atoms with Crippen LogP contribution in [-0.4, -0.2) is 35.5 Å². The SMILES string of the molecule is CN(C)CCCCc1cnc(Nc2cccc(F)c2)nc1N. The van der Waals surface area contributed by atoms with Crippen LogP contribution < -0.4 is 11.1 Å². The van der Waals surface area contributed by atoms with Crippen molar-refractivity contribution in [2.24, 2.45) is 0 Å². The van der Waals surface area contributed by atoms with Gasteiger partial charge in [0.2, 0.25) is 5.95 Å². The first-order valence-corrected chi connectivity index (χ1v) is 7.33. The summed E-state index contributed by atoms with van der Waals surface area (Å²) in [5.41, 5.74) is 7.51. The number of unbranched alkanes of at least 4 members (excludes halogenated alkanes) is 1. The highest BCUT2D eigenvalue weighted by atomic mass is 19.1. The molecule has 0 atom stereocenters. The van der Waals surface area contributed by atoms with Crippen molar-refractivity contribution in [1.82, 2.24) is 14.9 Å². The van der Waals surface area contributed by atoms with E-state index in [1.807, 2.05) is 0 Å². The molecule has 0 aliphatic heterocycles. The van der Waals surface area contributed by atoms with E-state index < -0.39 is 0 Å². The molecule has 3 N–H and O–H groups in total. The number of aromatic nitrogens is 2. The van der Waals surface area contributed by atoms with Crippen LogP contribution in [0.5, 0.6) is 0 Å². The van der Waals surface area contributed by atoms with Gasteiger partial charge in [-0.25, -0.2) is 9.37 Å². The lowest BCUT2D eigenvalue weighted by molar-refractivity contribution is 0.394. The van der Waals surface area contributed by atoms with Crippen LogP contribution in [0.4, 0.5) is 21.8 Å². The molecule has 1 aromatic carbocycles. The van der Waals surface area contributed by atoms with E-state index in [4.69, 9.17) is 5.73 Å². The maximum Gasteiger partial charge on any atom is 0.229 e. The Morgan fingerprint density at radius 1 is 1.27 bits per heavy atom. The Balaban J connectivity index is 1.94. The molecule has 118 valence electrons. The summed E-state index contributed by atoms with van der Waals surface area (Å²) in [4.78, 5) is 10.6. The second-order valence-electron chi connectivity index (χ2n) is 5.50. The van der Waals surface area contributed by atoms with Crippen LogP contribution in [-0.2, 0) is 6.42 Å². The van der Waals surface area contributed by atoms with Gasteiger partial charge in [0.25, 0.3) is 0 Å². The molecule has 5 nitrogen and oxygen atoms in total. The fourth-order valence-corrected chi connectivity index (χ4v) is 2.11. The van der Waals surface area contributed by atoms with Crippen LogP contribution in [0.3, 0.4) is 0 Å². The van der Waals surface area contributed by atoms with E-state index in [1.165, 1.54) is 12.1 Å². The molecule has 1 heterocycles. The predicted molar refractivity (Wildman–Crippen MR) is 87.6 cm³/mol. The molecular weight excluding hydrogens is 281 g/mol. The molecular formula is C16H22FN5. The Kier molecular flexibility index (Phi) is 5.66. The third kappa shape index (κ3) is 4.96. The number of hydrogen-bond donors (Lipinski definition) is 2. The van der Waals surface area contributed by atoms with Gasteiger partial charge < -0.3 is 16.0 Å². The maximum atomic E-state index is 13.1. The highest BCUT2D eigenvalue weighted by molar-refractivity contribution is 5.55. The molecule has 0 saturated carbocycles. The monoisotopic (exact) mass is 303 g/mol. The number of nitrogens with two attached hydrogens (primary N) is 1. The smallest absolute Gasteiger partial charge is 0.229 e. The lowest BCUT2D eigenvalue weighted by Gasteiger charge is -2.10. The normalized spacial score (nSPS) is 10.9. The zero-order chi connectivity index (χ0) is 15.9. The van der Waals surface area contributed by atoms with Gasteiger partial charge in [-0.05, 0) is 58.1 Å². The van der Waals surface area contributed by atoms with E-state index in [1.54, 1.807) is 18.3 Å². The van der Waals surface area contributed by atoms with Gasteiger partial charge in [-0.15, -0.1) is 0 Å². The molecule has 6 heteroatoms. The fraction of sp³-hybridized carbons (Fsp3) is 0.375. The van der Waals surface area contributed by atoms with Crippen LogP contribution in [0, 0.1) is 5.82 Å². The number of hydrogen-bond acceptors (Lipinski definition) is 5. The summed E-state index contributed by atoms with van der Waals surface area (Å²) in [5, 5.41) is 2.95. The average molecular weight is 303 g/mol. The number of benzene rings is 1. The maximum absolute atomic E-state index is 13.1. The van der Waals surface area contributed by atoms with Gasteiger partial charge in [0.05, 0.1) is 0 Å². The first-order chi connectivity index (χ1) is 10.5. The number of nitrogens with zero attached hydrogens (tertiary/aromatic N) is 3. The summed E-state index contributed by atoms with van der Waals surface area (Å²) in [6.07, 6.45) is 4.75. The van der Waals surface area contributed by atoms with Crippen LogP contribution in [0.25, 0.3) is 0 Å². The fourth-order valence-electron chi connectivity index (χ4n) is 2.11. The number of halogens is 1. The Labute approximate surface area is 130 Å². The summed E-state index contributed by atoms with van der Waals surface area (Å²) >= 11 is 0. The molecule has 0 saturated heterocycles. The highest BCUT2D eigenvalue weighted by Crippen LogP contribution is 2.17.